The Hall–Kier alpha value is -1.76. The summed E-state index contributed by atoms with van der Waals surface area (Å²) >= 11 is 0. The van der Waals surface area contributed by atoms with Gasteiger partial charge in [0.05, 0.1) is 0 Å². The number of hydrogen-bond donors (Lipinski definition) is 0. The van der Waals surface area contributed by atoms with E-state index in [1.807, 2.05) is 0 Å². The van der Waals surface area contributed by atoms with Crippen molar-refractivity contribution in [1.82, 2.24) is 0 Å². The van der Waals surface area contributed by atoms with Crippen molar-refractivity contribution in [2.75, 3.05) is 0 Å². The normalized spacial score (nSPS) is 20.5. The van der Waals surface area contributed by atoms with Gasteiger partial charge in [0.25, 0.3) is 0 Å². The van der Waals surface area contributed by atoms with E-state index in [4.69, 9.17) is 0 Å². The first-order valence-electron chi connectivity index (χ1n) is 7.74. The molecule has 2 aromatic rings. The molecule has 4 rings (SSSR count). The molecular formula is C19H19B. The molecule has 0 saturated heterocycles. The summed E-state index contributed by atoms with van der Waals surface area (Å²) in [6.07, 6.45) is 5.40. The molecule has 0 aromatic heterocycles. The molecule has 98 valence electrons. The predicted molar refractivity (Wildman–Crippen MR) is 87.2 cm³/mol. The van der Waals surface area contributed by atoms with E-state index >= 15 is 0 Å². The molecule has 1 atom stereocenters. The Kier molecular flexibility index (Phi) is 2.99. The fourth-order valence-corrected chi connectivity index (χ4v) is 4.03. The zero-order valence-electron chi connectivity index (χ0n) is 11.8. The van der Waals surface area contributed by atoms with E-state index in [1.54, 1.807) is 11.1 Å². The minimum absolute atomic E-state index is 0.546. The van der Waals surface area contributed by atoms with E-state index < -0.39 is 0 Å². The van der Waals surface area contributed by atoms with E-state index in [9.17, 15) is 0 Å². The van der Waals surface area contributed by atoms with Crippen molar-refractivity contribution in [3.8, 4) is 0 Å². The Balaban J connectivity index is 1.78. The molecule has 20 heavy (non-hydrogen) atoms. The molecule has 0 heterocycles. The van der Waals surface area contributed by atoms with Crippen LogP contribution >= 0.6 is 0 Å². The summed E-state index contributed by atoms with van der Waals surface area (Å²) in [6.45, 7) is 0.546. The van der Waals surface area contributed by atoms with Crippen LogP contribution in [-0.4, -0.2) is 6.71 Å². The molecule has 2 aromatic carbocycles. The molecule has 0 aliphatic heterocycles. The highest BCUT2D eigenvalue weighted by atomic mass is 14.3. The van der Waals surface area contributed by atoms with Crippen LogP contribution in [0.15, 0.2) is 71.8 Å². The van der Waals surface area contributed by atoms with E-state index in [2.05, 4.69) is 60.7 Å². The highest BCUT2D eigenvalue weighted by Crippen LogP contribution is 2.49. The van der Waals surface area contributed by atoms with Crippen LogP contribution in [0.25, 0.3) is 0 Å². The minimum atomic E-state index is 0.546. The summed E-state index contributed by atoms with van der Waals surface area (Å²) in [5.41, 5.74) is 6.50. The zero-order valence-corrected chi connectivity index (χ0v) is 11.8. The van der Waals surface area contributed by atoms with Crippen LogP contribution in [-0.2, 0) is 0 Å². The van der Waals surface area contributed by atoms with E-state index in [-0.39, 0.29) is 0 Å². The maximum absolute atomic E-state index is 2.30. The first-order valence-corrected chi connectivity index (χ1v) is 7.74. The van der Waals surface area contributed by atoms with Crippen molar-refractivity contribution in [3.63, 3.8) is 0 Å². The SMILES string of the molecule is c1ccc(B(c2ccccc2)C2CCC3=C2CC3)cc1. The van der Waals surface area contributed by atoms with Gasteiger partial charge >= 0.3 is 0 Å². The summed E-state index contributed by atoms with van der Waals surface area (Å²) in [4.78, 5) is 0. The van der Waals surface area contributed by atoms with Gasteiger partial charge in [-0.2, -0.15) is 0 Å². The lowest BCUT2D eigenvalue weighted by Crippen LogP contribution is -2.46. The lowest BCUT2D eigenvalue weighted by molar-refractivity contribution is 0.797. The molecule has 0 radical (unpaired) electrons. The third kappa shape index (κ3) is 1.93. The second kappa shape index (κ2) is 4.97. The largest absolute Gasteiger partial charge is 0.216 e. The van der Waals surface area contributed by atoms with Crippen molar-refractivity contribution in [2.45, 2.75) is 31.5 Å². The van der Waals surface area contributed by atoms with Gasteiger partial charge in [0.15, 0.2) is 0 Å². The van der Waals surface area contributed by atoms with Gasteiger partial charge in [0.2, 0.25) is 6.71 Å². The van der Waals surface area contributed by atoms with E-state index in [0.29, 0.717) is 6.71 Å². The Labute approximate surface area is 121 Å². The van der Waals surface area contributed by atoms with Crippen LogP contribution in [0.2, 0.25) is 5.82 Å². The second-order valence-corrected chi connectivity index (χ2v) is 6.07. The van der Waals surface area contributed by atoms with E-state index in [1.165, 1.54) is 36.6 Å². The first-order chi connectivity index (χ1) is 9.93. The Bertz CT molecular complexity index is 588. The molecule has 0 saturated carbocycles. The fraction of sp³-hybridized carbons (Fsp3) is 0.263. The summed E-state index contributed by atoms with van der Waals surface area (Å²) in [5.74, 6) is 0.739. The number of hydrogen-bond acceptors (Lipinski definition) is 0. The Morgan fingerprint density at radius 1 is 0.700 bits per heavy atom. The van der Waals surface area contributed by atoms with Gasteiger partial charge in [-0.1, -0.05) is 82.7 Å². The van der Waals surface area contributed by atoms with E-state index in [0.717, 1.165) is 5.82 Å². The molecule has 2 aliphatic rings. The average molecular weight is 258 g/mol. The van der Waals surface area contributed by atoms with Crippen LogP contribution in [0.1, 0.15) is 25.7 Å². The highest BCUT2D eigenvalue weighted by Gasteiger charge is 2.39. The maximum atomic E-state index is 2.30. The molecule has 0 bridgehead atoms. The summed E-state index contributed by atoms with van der Waals surface area (Å²) < 4.78 is 0. The van der Waals surface area contributed by atoms with Gasteiger partial charge in [-0.15, -0.1) is 0 Å². The van der Waals surface area contributed by atoms with Crippen molar-refractivity contribution in [2.24, 2.45) is 0 Å². The third-order valence-corrected chi connectivity index (χ3v) is 5.07. The average Bonchev–Trinajstić information content (AvgIpc) is 2.76. The highest BCUT2D eigenvalue weighted by molar-refractivity contribution is 6.86. The van der Waals surface area contributed by atoms with Gasteiger partial charge in [0, 0.05) is 0 Å². The van der Waals surface area contributed by atoms with Crippen LogP contribution in [0.5, 0.6) is 0 Å². The maximum Gasteiger partial charge on any atom is 0.216 e. The molecule has 0 N–H and O–H groups in total. The van der Waals surface area contributed by atoms with Gasteiger partial charge in [-0.05, 0) is 31.5 Å². The third-order valence-electron chi connectivity index (χ3n) is 5.07. The molecule has 0 amide bonds. The van der Waals surface area contributed by atoms with Crippen LogP contribution in [0.3, 0.4) is 0 Å². The molecule has 1 heteroatoms. The van der Waals surface area contributed by atoms with Crippen molar-refractivity contribution in [3.05, 3.63) is 71.8 Å². The molecule has 1 unspecified atom stereocenters. The van der Waals surface area contributed by atoms with Crippen LogP contribution < -0.4 is 10.9 Å². The number of rotatable bonds is 3. The first kappa shape index (κ1) is 12.0. The van der Waals surface area contributed by atoms with Gasteiger partial charge in [-0.3, -0.25) is 0 Å². The number of allylic oxidation sites excluding steroid dienone is 2. The second-order valence-electron chi connectivity index (χ2n) is 6.07. The summed E-state index contributed by atoms with van der Waals surface area (Å²) in [6, 6.07) is 22.1. The molecule has 0 nitrogen and oxygen atoms in total. The van der Waals surface area contributed by atoms with Crippen molar-refractivity contribution < 1.29 is 0 Å². The Morgan fingerprint density at radius 2 is 1.30 bits per heavy atom. The standard InChI is InChI=1S/C19H19B/c1-3-7-16(8-4-1)20(17-9-5-2-6-10-17)19-14-12-15-11-13-18(15)19/h1-10,19H,11-14H2. The minimum Gasteiger partial charge on any atom is -0.0740 e. The molecule has 0 spiro atoms. The lowest BCUT2D eigenvalue weighted by Gasteiger charge is -2.28. The fourth-order valence-electron chi connectivity index (χ4n) is 4.03. The quantitative estimate of drug-likeness (QED) is 0.583. The van der Waals surface area contributed by atoms with Crippen molar-refractivity contribution >= 4 is 17.6 Å². The van der Waals surface area contributed by atoms with Crippen LogP contribution in [0.4, 0.5) is 0 Å². The summed E-state index contributed by atoms with van der Waals surface area (Å²) in [7, 11) is 0. The van der Waals surface area contributed by atoms with Crippen molar-refractivity contribution in [1.29, 1.82) is 0 Å². The topological polar surface area (TPSA) is 0 Å². The smallest absolute Gasteiger partial charge is 0.0740 e. The van der Waals surface area contributed by atoms with Crippen LogP contribution in [0, 0.1) is 0 Å². The van der Waals surface area contributed by atoms with Gasteiger partial charge in [0.1, 0.15) is 0 Å². The molecular weight excluding hydrogens is 239 g/mol. The van der Waals surface area contributed by atoms with Gasteiger partial charge < -0.3 is 0 Å². The Morgan fingerprint density at radius 3 is 1.75 bits per heavy atom. The molecule has 2 aliphatic carbocycles. The molecule has 0 fully saturated rings. The zero-order chi connectivity index (χ0) is 13.4. The van der Waals surface area contributed by atoms with Gasteiger partial charge in [-0.25, -0.2) is 0 Å². The predicted octanol–water partition coefficient (Wildman–Crippen LogP) is 3.55. The number of benzene rings is 2. The monoisotopic (exact) mass is 258 g/mol. The summed E-state index contributed by atoms with van der Waals surface area (Å²) in [5, 5.41) is 0. The lowest BCUT2D eigenvalue weighted by atomic mass is 9.32.